The van der Waals surface area contributed by atoms with E-state index in [1.807, 2.05) is 60.7 Å². The first-order valence-electron chi connectivity index (χ1n) is 50.5. The molecule has 0 heterocycles. The molecule has 0 amide bonds. The third kappa shape index (κ3) is 16.6. The quantitative estimate of drug-likeness (QED) is 0.0290. The molecule has 0 aliphatic rings. The molecule has 0 bridgehead atoms. The summed E-state index contributed by atoms with van der Waals surface area (Å²) in [5, 5.41) is 37.0. The lowest BCUT2D eigenvalue weighted by Gasteiger charge is -2.35. The van der Waals surface area contributed by atoms with E-state index in [9.17, 15) is 5.26 Å². The summed E-state index contributed by atoms with van der Waals surface area (Å²) in [6, 6.07) is 211. The smallest absolute Gasteiger partial charge is 0.187 e. The van der Waals surface area contributed by atoms with Crippen molar-refractivity contribution in [2.24, 2.45) is 0 Å². The molecule has 0 fully saturated rings. The fourth-order valence-corrected chi connectivity index (χ4v) is 27.3. The maximum atomic E-state index is 9.45. The highest BCUT2D eigenvalue weighted by atomic mass is 28.3. The number of benzene rings is 27. The molecule has 0 spiro atoms. The normalized spacial score (nSPS) is 11.3. The van der Waals surface area contributed by atoms with Gasteiger partial charge in [-0.2, -0.15) is 5.26 Å². The number of anilines is 18. The Morgan fingerprint density at radius 3 is 0.497 bits per heavy atom. The second-order valence-corrected chi connectivity index (χ2v) is 41.3. The highest BCUT2D eigenvalue weighted by molar-refractivity contribution is 7.20. The maximum Gasteiger partial charge on any atom is 0.187 e. The van der Waals surface area contributed by atoms with Crippen LogP contribution >= 0.6 is 0 Å². The first-order chi connectivity index (χ1) is 73.9. The zero-order valence-corrected chi connectivity index (χ0v) is 82.5. The van der Waals surface area contributed by atoms with Crippen molar-refractivity contribution < 1.29 is 0 Å². The monoisotopic (exact) mass is 1920 g/mol. The molecule has 0 saturated heterocycles. The van der Waals surface area contributed by atoms with Gasteiger partial charge in [0.15, 0.2) is 13.8 Å². The molecule has 8 nitrogen and oxygen atoms in total. The summed E-state index contributed by atoms with van der Waals surface area (Å²) in [4.78, 5) is 17.7. The van der Waals surface area contributed by atoms with Gasteiger partial charge in [-0.3, -0.25) is 0 Å². The van der Waals surface area contributed by atoms with E-state index in [0.29, 0.717) is 11.3 Å². The van der Waals surface area contributed by atoms with Gasteiger partial charge in [0, 0.05) is 101 Å². The lowest BCUT2D eigenvalue weighted by molar-refractivity contribution is 1.29. The van der Waals surface area contributed by atoms with Gasteiger partial charge in [-0.1, -0.05) is 388 Å². The van der Waals surface area contributed by atoms with Gasteiger partial charge >= 0.3 is 0 Å². The fraction of sp³-hybridized carbons (Fsp3) is 0. The maximum absolute atomic E-state index is 9.45. The van der Waals surface area contributed by atoms with Gasteiger partial charge < -0.3 is 29.4 Å². The Morgan fingerprint density at radius 1 is 0.161 bits per heavy atom. The Morgan fingerprint density at radius 2 is 0.315 bits per heavy atom. The molecule has 27 rings (SSSR count). The van der Waals surface area contributed by atoms with Crippen molar-refractivity contribution in [3.8, 4) is 6.07 Å². The van der Waals surface area contributed by atoms with Crippen LogP contribution < -0.4 is 50.1 Å². The SMILES string of the molecule is [C-]#[N+]c1ccc(N(c2ccccc2)c2ccc3ccc4c(N(c5ccccc5)c5ccc(C#N)cc5)ccc5ccc2c3c54)cc1.c1ccc(N(c2ccccc2)c2ccc3ccc4c(N(c5ccccc5)c5ccc([Si](c6ccccc6)(c6ccccc6)c6ccccc6)cc5)ccc5ccc2c3c54)cc1.c1ccc(N(c2ccccc2)c2ccc3ccc4c(N(c5ccccc5)c5ccccc5)ccc5ccc2c3c54)cc1. The van der Waals surface area contributed by atoms with E-state index in [2.05, 4.69) is 562 Å². The summed E-state index contributed by atoms with van der Waals surface area (Å²) in [5.74, 6) is 0. The minimum absolute atomic E-state index is 0.616. The standard InChI is InChI=1S/C58H42N2Si.C42H26N4.C40H28N2/c1-7-19-45(20-8-1)59(46-21-9-2-10-22-46)55-41-33-43-32-40-54-56(42-34-44-31-39-53(55)57(43)58(44)54)60(47-23-11-3-12-24-47)48-35-37-52(38-36-48)61(49-25-13-4-14-26-49,50-27-15-5-16-28-50)51-29-17-6-18-30-51;1-44-32-18-22-36(23-19-32)46(34-10-6-3-7-11-34)40-27-17-31-14-24-37-39(26-16-30-15-25-38(40)42(31)41(30)37)45(33-8-4-2-5-9-33)35-20-12-29(28-43)13-21-35;1-5-13-31(14-6-1)41(32-15-7-2-8-16-32)37-27-23-29-22-26-36-38(28-24-30-21-25-35(37)39(29)40(30)36)42(33-17-9-3-10-18-33)34-19-11-4-12-20-34/h1-42H;2-27H;1-28H. The second-order valence-electron chi connectivity index (χ2n) is 37.5. The first kappa shape index (κ1) is 90.3. The topological polar surface area (TPSA) is 47.6 Å². The summed E-state index contributed by atoms with van der Waals surface area (Å²) in [5.41, 5.74) is 21.1. The Balaban J connectivity index is 0.000000118. The zero-order valence-electron chi connectivity index (χ0n) is 81.5. The largest absolute Gasteiger partial charge is 0.310 e. The van der Waals surface area contributed by atoms with Crippen LogP contribution in [0.15, 0.2) is 582 Å². The minimum Gasteiger partial charge on any atom is -0.310 e. The molecular formula is C140H96N8Si. The van der Waals surface area contributed by atoms with Crippen LogP contribution in [0.4, 0.5) is 108 Å². The Bertz CT molecular complexity index is 8950. The third-order valence-electron chi connectivity index (χ3n) is 29.1. The van der Waals surface area contributed by atoms with Crippen molar-refractivity contribution in [3.63, 3.8) is 0 Å². The summed E-state index contributed by atoms with van der Waals surface area (Å²) >= 11 is 0. The van der Waals surface area contributed by atoms with E-state index in [1.165, 1.54) is 118 Å². The number of rotatable bonds is 22. The predicted molar refractivity (Wildman–Crippen MR) is 633 cm³/mol. The number of nitrogens with zero attached hydrogens (tertiary/aromatic N) is 8. The van der Waals surface area contributed by atoms with Crippen LogP contribution in [0.2, 0.25) is 0 Å². The number of hydrogen-bond acceptors (Lipinski definition) is 7. The van der Waals surface area contributed by atoms with Crippen LogP contribution in [-0.2, 0) is 0 Å². The fourth-order valence-electron chi connectivity index (χ4n) is 22.5. The molecule has 0 unspecified atom stereocenters. The average molecular weight is 1920 g/mol. The van der Waals surface area contributed by atoms with Crippen molar-refractivity contribution >= 4 is 234 Å². The van der Waals surface area contributed by atoms with Crippen molar-refractivity contribution in [1.29, 1.82) is 5.26 Å². The van der Waals surface area contributed by atoms with Crippen LogP contribution in [0.25, 0.3) is 102 Å². The van der Waals surface area contributed by atoms with E-state index in [4.69, 9.17) is 6.57 Å². The molecule has 0 radical (unpaired) electrons. The van der Waals surface area contributed by atoms with Gasteiger partial charge in [-0.15, -0.1) is 0 Å². The first-order valence-corrected chi connectivity index (χ1v) is 52.5. The summed E-state index contributed by atoms with van der Waals surface area (Å²) in [6.45, 7) is 7.45. The Hall–Kier alpha value is -19.9. The van der Waals surface area contributed by atoms with Gasteiger partial charge in [0.05, 0.1) is 52.3 Å². The lowest BCUT2D eigenvalue weighted by atomic mass is 9.91. The van der Waals surface area contributed by atoms with Crippen molar-refractivity contribution in [1.82, 2.24) is 0 Å². The van der Waals surface area contributed by atoms with Gasteiger partial charge in [-0.05, 0) is 280 Å². The average Bonchev–Trinajstić information content (AvgIpc) is 0.714. The van der Waals surface area contributed by atoms with Crippen molar-refractivity contribution in [2.45, 2.75) is 0 Å². The molecule has 0 aliphatic carbocycles. The molecule has 0 aromatic heterocycles. The van der Waals surface area contributed by atoms with Crippen LogP contribution in [0.5, 0.6) is 0 Å². The summed E-state index contributed by atoms with van der Waals surface area (Å²) < 4.78 is 0. The highest BCUT2D eigenvalue weighted by Gasteiger charge is 2.42. The molecule has 0 N–H and O–H groups in total. The highest BCUT2D eigenvalue weighted by Crippen LogP contribution is 2.53. The molecular weight excluding hydrogens is 1820 g/mol. The van der Waals surface area contributed by atoms with E-state index in [0.717, 1.165) is 102 Å². The van der Waals surface area contributed by atoms with Gasteiger partial charge in [-0.25, -0.2) is 4.85 Å². The molecule has 0 aliphatic heterocycles. The minimum atomic E-state index is -2.69. The number of hydrogen-bond donors (Lipinski definition) is 0. The van der Waals surface area contributed by atoms with Crippen LogP contribution in [0.3, 0.4) is 0 Å². The van der Waals surface area contributed by atoms with Gasteiger partial charge in [0.1, 0.15) is 0 Å². The lowest BCUT2D eigenvalue weighted by Crippen LogP contribution is -2.74. The van der Waals surface area contributed by atoms with Crippen molar-refractivity contribution in [2.75, 3.05) is 29.4 Å². The molecule has 700 valence electrons. The molecule has 0 saturated carbocycles. The zero-order chi connectivity index (χ0) is 99.5. The van der Waals surface area contributed by atoms with E-state index in [-0.39, 0.29) is 0 Å². The Labute approximate surface area is 867 Å². The Kier molecular flexibility index (Phi) is 24.1. The molecule has 0 atom stereocenters. The van der Waals surface area contributed by atoms with Crippen LogP contribution in [0.1, 0.15) is 5.56 Å². The molecule has 149 heavy (non-hydrogen) atoms. The molecule has 9 heteroatoms. The second kappa shape index (κ2) is 39.7. The van der Waals surface area contributed by atoms with E-state index < -0.39 is 8.07 Å². The summed E-state index contributed by atoms with van der Waals surface area (Å²) in [7, 11) is -2.69. The van der Waals surface area contributed by atoms with E-state index in [1.54, 1.807) is 0 Å². The van der Waals surface area contributed by atoms with Crippen molar-refractivity contribution in [3.05, 3.63) is 599 Å². The molecule has 27 aromatic carbocycles. The van der Waals surface area contributed by atoms with Gasteiger partial charge in [0.2, 0.25) is 0 Å². The number of para-hydroxylation sites is 9. The van der Waals surface area contributed by atoms with Gasteiger partial charge in [0.25, 0.3) is 0 Å². The predicted octanol–water partition coefficient (Wildman–Crippen LogP) is 36.4. The molecule has 27 aromatic rings. The summed E-state index contributed by atoms with van der Waals surface area (Å²) in [6.07, 6.45) is 0. The van der Waals surface area contributed by atoms with E-state index >= 15 is 0 Å². The third-order valence-corrected chi connectivity index (χ3v) is 33.9. The van der Waals surface area contributed by atoms with Crippen LogP contribution in [0, 0.1) is 17.9 Å². The number of nitriles is 1. The van der Waals surface area contributed by atoms with Crippen LogP contribution in [-0.4, -0.2) is 8.07 Å².